The second-order valence-corrected chi connectivity index (χ2v) is 7.09. The van der Waals surface area contributed by atoms with Gasteiger partial charge in [-0.05, 0) is 61.9 Å². The van der Waals surface area contributed by atoms with Crippen LogP contribution in [0.1, 0.15) is 41.6 Å². The lowest BCUT2D eigenvalue weighted by atomic mass is 9.95. The van der Waals surface area contributed by atoms with Crippen LogP contribution < -0.4 is 0 Å². The second kappa shape index (κ2) is 8.16. The van der Waals surface area contributed by atoms with Gasteiger partial charge in [0.1, 0.15) is 12.7 Å². The summed E-state index contributed by atoms with van der Waals surface area (Å²) in [5.74, 6) is 0.142. The van der Waals surface area contributed by atoms with Gasteiger partial charge < -0.3 is 4.90 Å². The summed E-state index contributed by atoms with van der Waals surface area (Å²) in [4.78, 5) is 15.2. The van der Waals surface area contributed by atoms with Gasteiger partial charge in [-0.25, -0.2) is 0 Å². The van der Waals surface area contributed by atoms with Gasteiger partial charge in [0.25, 0.3) is 5.91 Å². The largest absolute Gasteiger partial charge is 0.336 e. The monoisotopic (exact) mass is 360 g/mol. The third-order valence-electron chi connectivity index (χ3n) is 5.33. The van der Waals surface area contributed by atoms with Gasteiger partial charge in [0.15, 0.2) is 0 Å². The van der Waals surface area contributed by atoms with E-state index in [9.17, 15) is 4.79 Å². The van der Waals surface area contributed by atoms with Crippen LogP contribution in [0.25, 0.3) is 5.69 Å². The number of likely N-dealkylation sites (tertiary alicyclic amines) is 1. The predicted molar refractivity (Wildman–Crippen MR) is 105 cm³/mol. The molecule has 0 saturated carbocycles. The molecular formula is C22H24N4O. The van der Waals surface area contributed by atoms with Crippen LogP contribution in [0.4, 0.5) is 0 Å². The van der Waals surface area contributed by atoms with E-state index in [2.05, 4.69) is 39.4 Å². The van der Waals surface area contributed by atoms with E-state index in [0.717, 1.165) is 43.5 Å². The lowest BCUT2D eigenvalue weighted by Gasteiger charge is -2.36. The Hall–Kier alpha value is -2.95. The fraction of sp³-hybridized carbons (Fsp3) is 0.318. The zero-order valence-electron chi connectivity index (χ0n) is 15.4. The minimum Gasteiger partial charge on any atom is -0.336 e. The molecule has 1 unspecified atom stereocenters. The zero-order chi connectivity index (χ0) is 18.5. The maximum Gasteiger partial charge on any atom is 0.254 e. The number of aryl methyl sites for hydroxylation is 1. The van der Waals surface area contributed by atoms with Crippen molar-refractivity contribution < 1.29 is 4.79 Å². The molecular weight excluding hydrogens is 336 g/mol. The topological polar surface area (TPSA) is 51.0 Å². The molecule has 138 valence electrons. The molecule has 3 aromatic rings. The van der Waals surface area contributed by atoms with Gasteiger partial charge >= 0.3 is 0 Å². The van der Waals surface area contributed by atoms with Crippen LogP contribution >= 0.6 is 0 Å². The predicted octanol–water partition coefficient (Wildman–Crippen LogP) is 3.89. The number of aromatic nitrogens is 3. The molecule has 1 atom stereocenters. The van der Waals surface area contributed by atoms with Gasteiger partial charge in [0.05, 0.1) is 0 Å². The number of carbonyl (C=O) groups excluding carboxylic acids is 1. The first-order chi connectivity index (χ1) is 13.3. The fourth-order valence-electron chi connectivity index (χ4n) is 3.82. The number of benzene rings is 2. The quantitative estimate of drug-likeness (QED) is 0.693. The summed E-state index contributed by atoms with van der Waals surface area (Å²) < 4.78 is 1.83. The molecule has 1 aromatic heterocycles. The summed E-state index contributed by atoms with van der Waals surface area (Å²) in [7, 11) is 0. The Morgan fingerprint density at radius 2 is 1.70 bits per heavy atom. The van der Waals surface area contributed by atoms with E-state index in [4.69, 9.17) is 0 Å². The number of hydrogen-bond donors (Lipinski definition) is 0. The molecule has 1 saturated heterocycles. The normalized spacial score (nSPS) is 17.0. The van der Waals surface area contributed by atoms with Gasteiger partial charge in [-0.2, -0.15) is 0 Å². The smallest absolute Gasteiger partial charge is 0.254 e. The fourth-order valence-corrected chi connectivity index (χ4v) is 3.82. The van der Waals surface area contributed by atoms with Crippen molar-refractivity contribution in [1.82, 2.24) is 19.7 Å². The van der Waals surface area contributed by atoms with E-state index >= 15 is 0 Å². The molecule has 0 radical (unpaired) electrons. The number of piperidine rings is 1. The summed E-state index contributed by atoms with van der Waals surface area (Å²) in [6.45, 7) is 0.853. The highest BCUT2D eigenvalue weighted by Crippen LogP contribution is 2.24. The van der Waals surface area contributed by atoms with Gasteiger partial charge in [-0.1, -0.05) is 30.3 Å². The Morgan fingerprint density at radius 1 is 0.963 bits per heavy atom. The molecule has 5 heteroatoms. The summed E-state index contributed by atoms with van der Waals surface area (Å²) in [6.07, 6.45) is 8.73. The minimum atomic E-state index is 0.142. The van der Waals surface area contributed by atoms with Crippen LogP contribution in [0, 0.1) is 0 Å². The highest BCUT2D eigenvalue weighted by atomic mass is 16.2. The molecule has 27 heavy (non-hydrogen) atoms. The molecule has 1 aliphatic heterocycles. The van der Waals surface area contributed by atoms with Crippen LogP contribution in [0.5, 0.6) is 0 Å². The van der Waals surface area contributed by atoms with Crippen molar-refractivity contribution >= 4 is 5.91 Å². The summed E-state index contributed by atoms with van der Waals surface area (Å²) in [6, 6.07) is 18.6. The van der Waals surface area contributed by atoms with Crippen molar-refractivity contribution in [2.24, 2.45) is 0 Å². The number of hydrogen-bond acceptors (Lipinski definition) is 3. The molecule has 1 aliphatic rings. The molecule has 4 rings (SSSR count). The molecule has 5 nitrogen and oxygen atoms in total. The molecule has 0 N–H and O–H groups in total. The average Bonchev–Trinajstić information content (AvgIpc) is 3.28. The molecule has 2 heterocycles. The van der Waals surface area contributed by atoms with Crippen molar-refractivity contribution in [1.29, 1.82) is 0 Å². The number of amides is 1. The lowest BCUT2D eigenvalue weighted by Crippen LogP contribution is -2.44. The van der Waals surface area contributed by atoms with E-state index in [0.29, 0.717) is 6.04 Å². The van der Waals surface area contributed by atoms with Crippen molar-refractivity contribution in [3.05, 3.63) is 78.4 Å². The van der Waals surface area contributed by atoms with Crippen LogP contribution in [0.3, 0.4) is 0 Å². The lowest BCUT2D eigenvalue weighted by molar-refractivity contribution is 0.0602. The first-order valence-electron chi connectivity index (χ1n) is 9.61. The van der Waals surface area contributed by atoms with Gasteiger partial charge in [0.2, 0.25) is 0 Å². The first-order valence-corrected chi connectivity index (χ1v) is 9.61. The summed E-state index contributed by atoms with van der Waals surface area (Å²) >= 11 is 0. The molecule has 0 bridgehead atoms. The standard InChI is InChI=1S/C22H24N4O/c27-22(19-10-13-20(14-11-19)25-16-23-24-17-25)26-15-5-4-8-21(26)12-9-18-6-2-1-3-7-18/h1-3,6-7,10-11,13-14,16-17,21H,4-5,8-9,12,15H2. The van der Waals surface area contributed by atoms with E-state index < -0.39 is 0 Å². The van der Waals surface area contributed by atoms with Crippen LogP contribution in [-0.4, -0.2) is 38.2 Å². The Labute approximate surface area is 159 Å². The SMILES string of the molecule is O=C(c1ccc(-n2cnnc2)cc1)N1CCCCC1CCc1ccccc1. The van der Waals surface area contributed by atoms with Crippen LogP contribution in [0.2, 0.25) is 0 Å². The maximum atomic E-state index is 13.1. The number of nitrogens with zero attached hydrogens (tertiary/aromatic N) is 4. The summed E-state index contributed by atoms with van der Waals surface area (Å²) in [5, 5.41) is 7.65. The van der Waals surface area contributed by atoms with Crippen molar-refractivity contribution in [2.45, 2.75) is 38.1 Å². The van der Waals surface area contributed by atoms with Gasteiger partial charge in [-0.15, -0.1) is 10.2 Å². The minimum absolute atomic E-state index is 0.142. The molecule has 2 aromatic carbocycles. The van der Waals surface area contributed by atoms with Crippen molar-refractivity contribution in [3.63, 3.8) is 0 Å². The van der Waals surface area contributed by atoms with Gasteiger partial charge in [0, 0.05) is 23.8 Å². The van der Waals surface area contributed by atoms with Gasteiger partial charge in [-0.3, -0.25) is 9.36 Å². The van der Waals surface area contributed by atoms with E-state index in [1.807, 2.05) is 34.9 Å². The number of rotatable bonds is 5. The molecule has 0 spiro atoms. The highest BCUT2D eigenvalue weighted by molar-refractivity contribution is 5.94. The van der Waals surface area contributed by atoms with E-state index in [1.165, 1.54) is 12.0 Å². The highest BCUT2D eigenvalue weighted by Gasteiger charge is 2.27. The van der Waals surface area contributed by atoms with E-state index in [-0.39, 0.29) is 5.91 Å². The third-order valence-corrected chi connectivity index (χ3v) is 5.33. The first kappa shape index (κ1) is 17.5. The van der Waals surface area contributed by atoms with Crippen LogP contribution in [-0.2, 0) is 6.42 Å². The average molecular weight is 360 g/mol. The Morgan fingerprint density at radius 3 is 2.44 bits per heavy atom. The van der Waals surface area contributed by atoms with E-state index in [1.54, 1.807) is 12.7 Å². The molecule has 0 aliphatic carbocycles. The van der Waals surface area contributed by atoms with Crippen LogP contribution in [0.15, 0.2) is 67.3 Å². The second-order valence-electron chi connectivity index (χ2n) is 7.09. The third kappa shape index (κ3) is 4.08. The Balaban J connectivity index is 1.45. The maximum absolute atomic E-state index is 13.1. The van der Waals surface area contributed by atoms with Crippen molar-refractivity contribution in [3.8, 4) is 5.69 Å². The molecule has 1 fully saturated rings. The number of carbonyl (C=O) groups is 1. The van der Waals surface area contributed by atoms with Crippen molar-refractivity contribution in [2.75, 3.05) is 6.54 Å². The Kier molecular flexibility index (Phi) is 5.28. The molecule has 1 amide bonds. The summed E-state index contributed by atoms with van der Waals surface area (Å²) in [5.41, 5.74) is 3.04. The Bertz CT molecular complexity index is 859. The zero-order valence-corrected chi connectivity index (χ0v) is 15.4.